The van der Waals surface area contributed by atoms with E-state index >= 15 is 0 Å². The molecule has 0 atom stereocenters. The zero-order chi connectivity index (χ0) is 13.4. The van der Waals surface area contributed by atoms with E-state index in [1.54, 1.807) is 7.05 Å². The summed E-state index contributed by atoms with van der Waals surface area (Å²) >= 11 is 0. The SMILES string of the molecule is Cc1cc(-c2cc(C(=O)O)nn2C)cc(F)c1F. The number of nitrogens with zero attached hydrogens (tertiary/aromatic N) is 2. The van der Waals surface area contributed by atoms with Gasteiger partial charge in [0.1, 0.15) is 0 Å². The molecule has 0 aliphatic rings. The highest BCUT2D eigenvalue weighted by Crippen LogP contribution is 2.24. The van der Waals surface area contributed by atoms with Crippen LogP contribution in [0.1, 0.15) is 16.1 Å². The average molecular weight is 252 g/mol. The van der Waals surface area contributed by atoms with E-state index in [0.29, 0.717) is 11.3 Å². The van der Waals surface area contributed by atoms with E-state index in [9.17, 15) is 13.6 Å². The lowest BCUT2D eigenvalue weighted by atomic mass is 10.1. The maximum absolute atomic E-state index is 13.3. The quantitative estimate of drug-likeness (QED) is 0.892. The van der Waals surface area contributed by atoms with Crippen LogP contribution in [0.15, 0.2) is 18.2 Å². The van der Waals surface area contributed by atoms with Crippen molar-refractivity contribution in [1.29, 1.82) is 0 Å². The summed E-state index contributed by atoms with van der Waals surface area (Å²) in [4.78, 5) is 10.8. The average Bonchev–Trinajstić information content (AvgIpc) is 2.68. The maximum Gasteiger partial charge on any atom is 0.356 e. The minimum Gasteiger partial charge on any atom is -0.476 e. The molecular weight excluding hydrogens is 242 g/mol. The second-order valence-electron chi connectivity index (χ2n) is 3.93. The lowest BCUT2D eigenvalue weighted by molar-refractivity contribution is 0.0689. The summed E-state index contributed by atoms with van der Waals surface area (Å²) in [5, 5.41) is 12.6. The van der Waals surface area contributed by atoms with Crippen molar-refractivity contribution in [2.75, 3.05) is 0 Å². The lowest BCUT2D eigenvalue weighted by Crippen LogP contribution is -1.99. The molecule has 94 valence electrons. The second kappa shape index (κ2) is 4.21. The van der Waals surface area contributed by atoms with Gasteiger partial charge in [-0.1, -0.05) is 0 Å². The summed E-state index contributed by atoms with van der Waals surface area (Å²) < 4.78 is 27.8. The Hall–Kier alpha value is -2.24. The molecule has 1 heterocycles. The molecule has 0 aliphatic heterocycles. The van der Waals surface area contributed by atoms with Crippen LogP contribution in [0.25, 0.3) is 11.3 Å². The molecule has 0 bridgehead atoms. The van der Waals surface area contributed by atoms with Crippen molar-refractivity contribution in [3.8, 4) is 11.3 Å². The Morgan fingerprint density at radius 3 is 2.50 bits per heavy atom. The zero-order valence-corrected chi connectivity index (χ0v) is 9.74. The molecule has 4 nitrogen and oxygen atoms in total. The number of hydrogen-bond donors (Lipinski definition) is 1. The summed E-state index contributed by atoms with van der Waals surface area (Å²) in [6.45, 7) is 1.44. The van der Waals surface area contributed by atoms with Gasteiger partial charge < -0.3 is 5.11 Å². The number of rotatable bonds is 2. The molecule has 0 fully saturated rings. The lowest BCUT2D eigenvalue weighted by Gasteiger charge is -2.05. The van der Waals surface area contributed by atoms with E-state index in [1.165, 1.54) is 23.7 Å². The highest BCUT2D eigenvalue weighted by atomic mass is 19.2. The van der Waals surface area contributed by atoms with Crippen LogP contribution in [0.5, 0.6) is 0 Å². The summed E-state index contributed by atoms with van der Waals surface area (Å²) in [7, 11) is 1.54. The number of carboxylic acids is 1. The molecular formula is C12H10F2N2O2. The van der Waals surface area contributed by atoms with Gasteiger partial charge in [0.25, 0.3) is 0 Å². The van der Waals surface area contributed by atoms with Crippen molar-refractivity contribution in [3.63, 3.8) is 0 Å². The third-order valence-electron chi connectivity index (χ3n) is 2.60. The Balaban J connectivity index is 2.58. The summed E-state index contributed by atoms with van der Waals surface area (Å²) in [5.74, 6) is -3.04. The summed E-state index contributed by atoms with van der Waals surface area (Å²) in [6.07, 6.45) is 0. The summed E-state index contributed by atoms with van der Waals surface area (Å²) in [6, 6.07) is 3.78. The number of benzene rings is 1. The topological polar surface area (TPSA) is 55.1 Å². The molecule has 2 aromatic rings. The Labute approximate surface area is 101 Å². The fourth-order valence-corrected chi connectivity index (χ4v) is 1.72. The molecule has 2 rings (SSSR count). The van der Waals surface area contributed by atoms with Gasteiger partial charge in [0, 0.05) is 12.6 Å². The van der Waals surface area contributed by atoms with E-state index in [-0.39, 0.29) is 11.3 Å². The fraction of sp³-hybridized carbons (Fsp3) is 0.167. The Bertz CT molecular complexity index is 612. The van der Waals surface area contributed by atoms with Gasteiger partial charge in [0.05, 0.1) is 5.69 Å². The molecule has 18 heavy (non-hydrogen) atoms. The first kappa shape index (κ1) is 12.2. The van der Waals surface area contributed by atoms with Crippen LogP contribution in [-0.4, -0.2) is 20.9 Å². The smallest absolute Gasteiger partial charge is 0.356 e. The molecule has 0 aliphatic carbocycles. The predicted molar refractivity (Wildman–Crippen MR) is 60.3 cm³/mol. The first-order valence-corrected chi connectivity index (χ1v) is 5.13. The predicted octanol–water partition coefficient (Wildman–Crippen LogP) is 2.37. The maximum atomic E-state index is 13.3. The molecule has 1 N–H and O–H groups in total. The second-order valence-corrected chi connectivity index (χ2v) is 3.93. The van der Waals surface area contributed by atoms with Gasteiger partial charge in [-0.25, -0.2) is 13.6 Å². The first-order valence-electron chi connectivity index (χ1n) is 5.13. The highest BCUT2D eigenvalue weighted by Gasteiger charge is 2.15. The third kappa shape index (κ3) is 1.97. The Morgan fingerprint density at radius 1 is 1.33 bits per heavy atom. The number of aromatic nitrogens is 2. The number of carbonyl (C=O) groups is 1. The van der Waals surface area contributed by atoms with Crippen molar-refractivity contribution in [2.45, 2.75) is 6.92 Å². The normalized spacial score (nSPS) is 10.7. The van der Waals surface area contributed by atoms with E-state index in [4.69, 9.17) is 5.11 Å². The molecule has 1 aromatic heterocycles. The fourth-order valence-electron chi connectivity index (χ4n) is 1.72. The number of carboxylic acid groups (broad SMARTS) is 1. The van der Waals surface area contributed by atoms with Gasteiger partial charge in [-0.2, -0.15) is 5.10 Å². The standard InChI is InChI=1S/C12H10F2N2O2/c1-6-3-7(4-8(13)11(6)14)10-5-9(12(17)18)15-16(10)2/h3-5H,1-2H3,(H,17,18). The number of aromatic carboxylic acids is 1. The van der Waals surface area contributed by atoms with E-state index in [2.05, 4.69) is 5.10 Å². The minimum absolute atomic E-state index is 0.144. The molecule has 0 amide bonds. The van der Waals surface area contributed by atoms with Crippen molar-refractivity contribution < 1.29 is 18.7 Å². The molecule has 1 aromatic carbocycles. The summed E-state index contributed by atoms with van der Waals surface area (Å²) in [5.41, 5.74) is 0.807. The molecule has 0 saturated heterocycles. The molecule has 6 heteroatoms. The van der Waals surface area contributed by atoms with Crippen molar-refractivity contribution in [1.82, 2.24) is 9.78 Å². The number of hydrogen-bond acceptors (Lipinski definition) is 2. The third-order valence-corrected chi connectivity index (χ3v) is 2.60. The monoisotopic (exact) mass is 252 g/mol. The van der Waals surface area contributed by atoms with Crippen LogP contribution >= 0.6 is 0 Å². The van der Waals surface area contributed by atoms with Gasteiger partial charge in [-0.05, 0) is 30.7 Å². The Kier molecular flexibility index (Phi) is 2.86. The Morgan fingerprint density at radius 2 is 2.00 bits per heavy atom. The molecule has 0 spiro atoms. The number of halogens is 2. The van der Waals surface area contributed by atoms with Crippen LogP contribution in [0.3, 0.4) is 0 Å². The van der Waals surface area contributed by atoms with Crippen molar-refractivity contribution in [3.05, 3.63) is 41.1 Å². The van der Waals surface area contributed by atoms with Gasteiger partial charge in [-0.15, -0.1) is 0 Å². The van der Waals surface area contributed by atoms with Crippen molar-refractivity contribution in [2.24, 2.45) is 7.05 Å². The van der Waals surface area contributed by atoms with Crippen LogP contribution in [-0.2, 0) is 7.05 Å². The number of aryl methyl sites for hydroxylation is 2. The molecule has 0 unspecified atom stereocenters. The zero-order valence-electron chi connectivity index (χ0n) is 9.74. The van der Waals surface area contributed by atoms with Gasteiger partial charge in [0.15, 0.2) is 17.3 Å². The largest absolute Gasteiger partial charge is 0.476 e. The van der Waals surface area contributed by atoms with Crippen LogP contribution < -0.4 is 0 Å². The molecule has 0 radical (unpaired) electrons. The van der Waals surface area contributed by atoms with Gasteiger partial charge >= 0.3 is 5.97 Å². The van der Waals surface area contributed by atoms with Crippen molar-refractivity contribution >= 4 is 5.97 Å². The van der Waals surface area contributed by atoms with Gasteiger partial charge in [-0.3, -0.25) is 4.68 Å². The van der Waals surface area contributed by atoms with E-state index < -0.39 is 17.6 Å². The molecule has 0 saturated carbocycles. The minimum atomic E-state index is -1.17. The van der Waals surface area contributed by atoms with Crippen LogP contribution in [0.2, 0.25) is 0 Å². The van der Waals surface area contributed by atoms with Crippen LogP contribution in [0.4, 0.5) is 8.78 Å². The van der Waals surface area contributed by atoms with E-state index in [1.807, 2.05) is 0 Å². The van der Waals surface area contributed by atoms with Gasteiger partial charge in [0.2, 0.25) is 0 Å². The highest BCUT2D eigenvalue weighted by molar-refractivity contribution is 5.87. The van der Waals surface area contributed by atoms with Crippen LogP contribution in [0, 0.1) is 18.6 Å². The first-order chi connectivity index (χ1) is 8.40. The van der Waals surface area contributed by atoms with E-state index in [0.717, 1.165) is 6.07 Å².